The Morgan fingerprint density at radius 3 is 2.56 bits per heavy atom. The highest BCUT2D eigenvalue weighted by molar-refractivity contribution is 5.76. The zero-order chi connectivity index (χ0) is 12.2. The van der Waals surface area contributed by atoms with Crippen molar-refractivity contribution in [2.24, 2.45) is 11.3 Å². The van der Waals surface area contributed by atoms with Crippen LogP contribution in [0.5, 0.6) is 0 Å². The fourth-order valence-corrected chi connectivity index (χ4v) is 1.90. The second-order valence-electron chi connectivity index (χ2n) is 5.54. The summed E-state index contributed by atoms with van der Waals surface area (Å²) in [6, 6.07) is 0.552. The predicted octanol–water partition coefficient (Wildman–Crippen LogP) is 2.35. The van der Waals surface area contributed by atoms with E-state index < -0.39 is 5.41 Å². The van der Waals surface area contributed by atoms with Crippen LogP contribution in [0.3, 0.4) is 0 Å². The van der Waals surface area contributed by atoms with Crippen LogP contribution in [0.2, 0.25) is 0 Å². The summed E-state index contributed by atoms with van der Waals surface area (Å²) >= 11 is 0. The molecule has 1 unspecified atom stereocenters. The number of ether oxygens (including phenoxy) is 1. The number of methoxy groups -OCH3 is 1. The van der Waals surface area contributed by atoms with Gasteiger partial charge in [0.05, 0.1) is 12.5 Å². The molecule has 0 saturated heterocycles. The Bertz CT molecular complexity index is 234. The number of carbonyl (C=O) groups is 1. The van der Waals surface area contributed by atoms with Gasteiger partial charge in [0, 0.05) is 12.6 Å². The lowest BCUT2D eigenvalue weighted by Crippen LogP contribution is -2.41. The molecule has 1 aliphatic carbocycles. The van der Waals surface area contributed by atoms with Crippen molar-refractivity contribution in [3.8, 4) is 0 Å². The zero-order valence-electron chi connectivity index (χ0n) is 11.0. The molecule has 0 heterocycles. The Morgan fingerprint density at radius 2 is 2.12 bits per heavy atom. The van der Waals surface area contributed by atoms with Gasteiger partial charge in [-0.15, -0.1) is 0 Å². The fraction of sp³-hybridized carbons (Fsp3) is 0.923. The molecule has 3 nitrogen and oxygen atoms in total. The molecule has 1 saturated carbocycles. The lowest BCUT2D eigenvalue weighted by atomic mass is 9.93. The van der Waals surface area contributed by atoms with Gasteiger partial charge in [0.1, 0.15) is 0 Å². The van der Waals surface area contributed by atoms with E-state index in [0.29, 0.717) is 12.6 Å². The summed E-state index contributed by atoms with van der Waals surface area (Å²) < 4.78 is 4.80. The Labute approximate surface area is 98.9 Å². The first-order chi connectivity index (χ1) is 7.49. The van der Waals surface area contributed by atoms with Crippen molar-refractivity contribution in [3.63, 3.8) is 0 Å². The molecule has 0 amide bonds. The van der Waals surface area contributed by atoms with Crippen LogP contribution in [-0.2, 0) is 9.53 Å². The van der Waals surface area contributed by atoms with E-state index in [-0.39, 0.29) is 5.97 Å². The second-order valence-corrected chi connectivity index (χ2v) is 5.54. The van der Waals surface area contributed by atoms with Crippen LogP contribution in [0.4, 0.5) is 0 Å². The third kappa shape index (κ3) is 4.12. The number of carbonyl (C=O) groups excluding carboxylic acids is 1. The molecule has 1 fully saturated rings. The minimum absolute atomic E-state index is 0.138. The van der Waals surface area contributed by atoms with Crippen LogP contribution in [0.1, 0.15) is 46.5 Å². The predicted molar refractivity (Wildman–Crippen MR) is 65.2 cm³/mol. The summed E-state index contributed by atoms with van der Waals surface area (Å²) in [7, 11) is 1.45. The average molecular weight is 227 g/mol. The summed E-state index contributed by atoms with van der Waals surface area (Å²) in [6.45, 7) is 6.75. The van der Waals surface area contributed by atoms with Crippen LogP contribution in [-0.4, -0.2) is 25.7 Å². The first-order valence-electron chi connectivity index (χ1n) is 6.31. The van der Waals surface area contributed by atoms with Gasteiger partial charge in [-0.05, 0) is 32.6 Å². The van der Waals surface area contributed by atoms with Crippen LogP contribution < -0.4 is 5.32 Å². The van der Waals surface area contributed by atoms with Crippen LogP contribution in [0, 0.1) is 11.3 Å². The average Bonchev–Trinajstić information content (AvgIpc) is 3.06. The standard InChI is InChI=1S/C13H25NO2/c1-5-11(8-10-6-7-10)14-9-13(2,3)12(15)16-4/h10-11,14H,5-9H2,1-4H3. The quantitative estimate of drug-likeness (QED) is 0.678. The largest absolute Gasteiger partial charge is 0.469 e. The molecule has 1 aliphatic rings. The number of esters is 1. The highest BCUT2D eigenvalue weighted by atomic mass is 16.5. The van der Waals surface area contributed by atoms with Crippen molar-refractivity contribution >= 4 is 5.97 Å². The van der Waals surface area contributed by atoms with Crippen molar-refractivity contribution in [2.45, 2.75) is 52.5 Å². The maximum Gasteiger partial charge on any atom is 0.312 e. The molecule has 0 aromatic rings. The minimum Gasteiger partial charge on any atom is -0.469 e. The minimum atomic E-state index is -0.425. The van der Waals surface area contributed by atoms with Crippen molar-refractivity contribution in [3.05, 3.63) is 0 Å². The first kappa shape index (κ1) is 13.5. The van der Waals surface area contributed by atoms with Gasteiger partial charge in [-0.3, -0.25) is 4.79 Å². The maximum absolute atomic E-state index is 11.5. The molecule has 0 bridgehead atoms. The number of hydrogen-bond acceptors (Lipinski definition) is 3. The van der Waals surface area contributed by atoms with E-state index in [1.165, 1.54) is 26.4 Å². The zero-order valence-corrected chi connectivity index (χ0v) is 11.0. The Balaban J connectivity index is 2.31. The van der Waals surface area contributed by atoms with E-state index >= 15 is 0 Å². The molecule has 1 atom stereocenters. The Hall–Kier alpha value is -0.570. The van der Waals surface area contributed by atoms with E-state index in [4.69, 9.17) is 4.74 Å². The molecule has 1 rings (SSSR count). The van der Waals surface area contributed by atoms with E-state index in [9.17, 15) is 4.79 Å². The summed E-state index contributed by atoms with van der Waals surface area (Å²) in [5, 5.41) is 3.50. The van der Waals surface area contributed by atoms with Crippen molar-refractivity contribution in [2.75, 3.05) is 13.7 Å². The highest BCUT2D eigenvalue weighted by Gasteiger charge is 2.30. The van der Waals surface area contributed by atoms with Gasteiger partial charge in [-0.1, -0.05) is 19.8 Å². The van der Waals surface area contributed by atoms with Crippen molar-refractivity contribution in [1.82, 2.24) is 5.32 Å². The van der Waals surface area contributed by atoms with E-state index in [0.717, 1.165) is 12.3 Å². The van der Waals surface area contributed by atoms with Crippen molar-refractivity contribution < 1.29 is 9.53 Å². The van der Waals surface area contributed by atoms with Gasteiger partial charge in [-0.25, -0.2) is 0 Å². The van der Waals surface area contributed by atoms with E-state index in [1.54, 1.807) is 0 Å². The van der Waals surface area contributed by atoms with Gasteiger partial charge < -0.3 is 10.1 Å². The normalized spacial score (nSPS) is 18.2. The van der Waals surface area contributed by atoms with E-state index in [1.807, 2.05) is 13.8 Å². The summed E-state index contributed by atoms with van der Waals surface area (Å²) in [5.41, 5.74) is -0.425. The van der Waals surface area contributed by atoms with Crippen LogP contribution >= 0.6 is 0 Å². The number of nitrogens with one attached hydrogen (secondary N) is 1. The smallest absolute Gasteiger partial charge is 0.312 e. The molecule has 0 spiro atoms. The Morgan fingerprint density at radius 1 is 1.50 bits per heavy atom. The number of rotatable bonds is 7. The van der Waals surface area contributed by atoms with Gasteiger partial charge >= 0.3 is 5.97 Å². The Kier molecular flexibility index (Phi) is 4.78. The van der Waals surface area contributed by atoms with Gasteiger partial charge in [-0.2, -0.15) is 0 Å². The maximum atomic E-state index is 11.5. The molecular weight excluding hydrogens is 202 g/mol. The molecule has 16 heavy (non-hydrogen) atoms. The van der Waals surface area contributed by atoms with Crippen LogP contribution in [0.25, 0.3) is 0 Å². The molecular formula is C13H25NO2. The second kappa shape index (κ2) is 5.67. The first-order valence-corrected chi connectivity index (χ1v) is 6.31. The van der Waals surface area contributed by atoms with Gasteiger partial charge in [0.2, 0.25) is 0 Å². The highest BCUT2D eigenvalue weighted by Crippen LogP contribution is 2.34. The molecule has 1 N–H and O–H groups in total. The van der Waals surface area contributed by atoms with Gasteiger partial charge in [0.25, 0.3) is 0 Å². The van der Waals surface area contributed by atoms with Crippen molar-refractivity contribution in [1.29, 1.82) is 0 Å². The SMILES string of the molecule is CCC(CC1CC1)NCC(C)(C)C(=O)OC. The summed E-state index contributed by atoms with van der Waals surface area (Å²) in [6.07, 6.45) is 5.17. The molecule has 3 heteroatoms. The monoisotopic (exact) mass is 227 g/mol. The topological polar surface area (TPSA) is 38.3 Å². The van der Waals surface area contributed by atoms with Gasteiger partial charge in [0.15, 0.2) is 0 Å². The molecule has 94 valence electrons. The lowest BCUT2D eigenvalue weighted by Gasteiger charge is -2.25. The fourth-order valence-electron chi connectivity index (χ4n) is 1.90. The summed E-state index contributed by atoms with van der Waals surface area (Å²) in [5.74, 6) is 0.792. The third-order valence-electron chi connectivity index (χ3n) is 3.38. The third-order valence-corrected chi connectivity index (χ3v) is 3.38. The van der Waals surface area contributed by atoms with Crippen LogP contribution in [0.15, 0.2) is 0 Å². The van der Waals surface area contributed by atoms with E-state index in [2.05, 4.69) is 12.2 Å². The summed E-state index contributed by atoms with van der Waals surface area (Å²) in [4.78, 5) is 11.5. The number of hydrogen-bond donors (Lipinski definition) is 1. The molecule has 0 aliphatic heterocycles. The molecule has 0 aromatic heterocycles. The molecule has 0 radical (unpaired) electrons. The lowest BCUT2D eigenvalue weighted by molar-refractivity contribution is -0.150. The molecule has 0 aromatic carbocycles.